The molecule has 0 N–H and O–H groups in total. The maximum absolute atomic E-state index is 8.66. The molecule has 0 heterocycles. The van der Waals surface area contributed by atoms with Crippen LogP contribution in [-0.2, 0) is 0 Å². The molecule has 0 aromatic carbocycles. The number of nitriles is 2. The predicted octanol–water partition coefficient (Wildman–Crippen LogP) is 1.93. The number of fused-ring (bicyclic) bond motifs is 2. The highest BCUT2D eigenvalue weighted by Gasteiger charge is 2.32. The highest BCUT2D eigenvalue weighted by molar-refractivity contribution is 5.45. The first-order valence-corrected chi connectivity index (χ1v) is 4.06. The zero-order valence-corrected chi connectivity index (χ0v) is 6.62. The molecule has 0 amide bonds. The summed E-state index contributed by atoms with van der Waals surface area (Å²) in [6.45, 7) is 0. The van der Waals surface area contributed by atoms with Gasteiger partial charge in [0, 0.05) is 5.92 Å². The Labute approximate surface area is 71.4 Å². The van der Waals surface area contributed by atoms with Crippen LogP contribution in [0.3, 0.4) is 0 Å². The lowest BCUT2D eigenvalue weighted by molar-refractivity contribution is 0.693. The second-order valence-electron chi connectivity index (χ2n) is 3.32. The van der Waals surface area contributed by atoms with Gasteiger partial charge in [-0.3, -0.25) is 0 Å². The van der Waals surface area contributed by atoms with E-state index in [0.29, 0.717) is 17.4 Å². The summed E-state index contributed by atoms with van der Waals surface area (Å²) in [5.41, 5.74) is 1.40. The van der Waals surface area contributed by atoms with Gasteiger partial charge in [-0.2, -0.15) is 10.5 Å². The average Bonchev–Trinajstić information content (AvgIpc) is 2.67. The Morgan fingerprint density at radius 3 is 2.50 bits per heavy atom. The largest absolute Gasteiger partial charge is 0.192 e. The molecule has 0 aromatic heterocycles. The minimum Gasteiger partial charge on any atom is -0.192 e. The van der Waals surface area contributed by atoms with Gasteiger partial charge >= 0.3 is 0 Å². The number of hydrogen-bond donors (Lipinski definition) is 0. The SMILES string of the molecule is N#CC(C#N)=C1CC2C=CC1C2. The maximum atomic E-state index is 8.66. The van der Waals surface area contributed by atoms with Crippen LogP contribution in [0, 0.1) is 34.5 Å². The lowest BCUT2D eigenvalue weighted by Crippen LogP contribution is -1.95. The van der Waals surface area contributed by atoms with Crippen LogP contribution in [0.2, 0.25) is 0 Å². The van der Waals surface area contributed by atoms with E-state index in [4.69, 9.17) is 10.5 Å². The van der Waals surface area contributed by atoms with E-state index in [9.17, 15) is 0 Å². The molecule has 2 atom stereocenters. The molecule has 58 valence electrons. The van der Waals surface area contributed by atoms with Crippen molar-refractivity contribution >= 4 is 0 Å². The summed E-state index contributed by atoms with van der Waals surface area (Å²) in [7, 11) is 0. The fraction of sp³-hybridized carbons (Fsp3) is 0.400. The summed E-state index contributed by atoms with van der Waals surface area (Å²) < 4.78 is 0. The third-order valence-electron chi connectivity index (χ3n) is 2.65. The Morgan fingerprint density at radius 2 is 2.08 bits per heavy atom. The van der Waals surface area contributed by atoms with Crippen LogP contribution in [0.25, 0.3) is 0 Å². The van der Waals surface area contributed by atoms with Gasteiger partial charge in [-0.25, -0.2) is 0 Å². The van der Waals surface area contributed by atoms with Crippen molar-refractivity contribution in [1.82, 2.24) is 0 Å². The van der Waals surface area contributed by atoms with Crippen LogP contribution in [0.5, 0.6) is 0 Å². The molecular formula is C10H8N2. The van der Waals surface area contributed by atoms with Gasteiger partial charge in [0.15, 0.2) is 0 Å². The second kappa shape index (κ2) is 2.50. The zero-order valence-electron chi connectivity index (χ0n) is 6.62. The van der Waals surface area contributed by atoms with Crippen LogP contribution in [0.1, 0.15) is 12.8 Å². The first-order chi connectivity index (χ1) is 5.85. The Kier molecular flexibility index (Phi) is 1.48. The molecule has 2 aliphatic carbocycles. The average molecular weight is 156 g/mol. The van der Waals surface area contributed by atoms with Crippen molar-refractivity contribution in [2.24, 2.45) is 11.8 Å². The quantitative estimate of drug-likeness (QED) is 0.397. The van der Waals surface area contributed by atoms with E-state index < -0.39 is 0 Å². The van der Waals surface area contributed by atoms with Crippen molar-refractivity contribution in [3.05, 3.63) is 23.3 Å². The van der Waals surface area contributed by atoms with Gasteiger partial charge in [0.25, 0.3) is 0 Å². The molecule has 0 spiro atoms. The third kappa shape index (κ3) is 0.855. The summed E-state index contributed by atoms with van der Waals surface area (Å²) in [4.78, 5) is 0. The monoisotopic (exact) mass is 156 g/mol. The van der Waals surface area contributed by atoms with Gasteiger partial charge in [-0.1, -0.05) is 12.2 Å². The van der Waals surface area contributed by atoms with Crippen molar-refractivity contribution in [3.63, 3.8) is 0 Å². The van der Waals surface area contributed by atoms with E-state index in [1.165, 1.54) is 0 Å². The lowest BCUT2D eigenvalue weighted by Gasteiger charge is -2.06. The molecule has 2 bridgehead atoms. The highest BCUT2D eigenvalue weighted by Crippen LogP contribution is 2.44. The molecule has 1 fully saturated rings. The van der Waals surface area contributed by atoms with Crippen molar-refractivity contribution in [3.8, 4) is 12.1 Å². The molecular weight excluding hydrogens is 148 g/mol. The molecule has 2 unspecified atom stereocenters. The molecule has 0 aliphatic heterocycles. The second-order valence-corrected chi connectivity index (χ2v) is 3.32. The van der Waals surface area contributed by atoms with Gasteiger partial charge in [0.05, 0.1) is 0 Å². The van der Waals surface area contributed by atoms with Gasteiger partial charge in [-0.15, -0.1) is 0 Å². The van der Waals surface area contributed by atoms with Crippen LogP contribution >= 0.6 is 0 Å². The van der Waals surface area contributed by atoms with Crippen LogP contribution in [0.4, 0.5) is 0 Å². The Hall–Kier alpha value is -1.54. The maximum Gasteiger partial charge on any atom is 0.129 e. The van der Waals surface area contributed by atoms with E-state index >= 15 is 0 Å². The van der Waals surface area contributed by atoms with Crippen LogP contribution < -0.4 is 0 Å². The molecule has 0 aromatic rings. The molecule has 0 radical (unpaired) electrons. The van der Waals surface area contributed by atoms with Crippen LogP contribution in [-0.4, -0.2) is 0 Å². The molecule has 12 heavy (non-hydrogen) atoms. The number of nitrogens with zero attached hydrogens (tertiary/aromatic N) is 2. The van der Waals surface area contributed by atoms with E-state index in [1.807, 2.05) is 12.1 Å². The molecule has 2 heteroatoms. The van der Waals surface area contributed by atoms with E-state index in [1.54, 1.807) is 0 Å². The molecule has 2 nitrogen and oxygen atoms in total. The lowest BCUT2D eigenvalue weighted by atomic mass is 9.96. The van der Waals surface area contributed by atoms with E-state index in [0.717, 1.165) is 18.4 Å². The summed E-state index contributed by atoms with van der Waals surface area (Å²) in [5, 5.41) is 17.3. The molecule has 0 saturated heterocycles. The van der Waals surface area contributed by atoms with Crippen molar-refractivity contribution in [1.29, 1.82) is 10.5 Å². The fourth-order valence-corrected chi connectivity index (χ4v) is 2.07. The first-order valence-electron chi connectivity index (χ1n) is 4.06. The summed E-state index contributed by atoms with van der Waals surface area (Å²) in [6.07, 6.45) is 6.36. The third-order valence-corrected chi connectivity index (χ3v) is 2.65. The minimum atomic E-state index is 0.340. The van der Waals surface area contributed by atoms with E-state index in [-0.39, 0.29) is 0 Å². The number of rotatable bonds is 0. The smallest absolute Gasteiger partial charge is 0.129 e. The van der Waals surface area contributed by atoms with Gasteiger partial charge in [-0.05, 0) is 24.3 Å². The standard InChI is InChI=1S/C10H8N2/c11-5-9(6-12)10-4-7-1-2-8(10)3-7/h1-2,7-8H,3-4H2. The Bertz CT molecular complexity index is 333. The van der Waals surface area contributed by atoms with Gasteiger partial charge in [0.1, 0.15) is 17.7 Å². The van der Waals surface area contributed by atoms with Crippen molar-refractivity contribution < 1.29 is 0 Å². The Balaban J connectivity index is 2.40. The highest BCUT2D eigenvalue weighted by atomic mass is 14.4. The molecule has 2 rings (SSSR count). The summed E-state index contributed by atoms with van der Waals surface area (Å²) in [5.74, 6) is 0.992. The van der Waals surface area contributed by atoms with E-state index in [2.05, 4.69) is 12.2 Å². The van der Waals surface area contributed by atoms with Gasteiger partial charge < -0.3 is 0 Å². The van der Waals surface area contributed by atoms with Gasteiger partial charge in [0.2, 0.25) is 0 Å². The van der Waals surface area contributed by atoms with Crippen molar-refractivity contribution in [2.45, 2.75) is 12.8 Å². The predicted molar refractivity (Wildman–Crippen MR) is 43.6 cm³/mol. The Morgan fingerprint density at radius 1 is 1.33 bits per heavy atom. The zero-order chi connectivity index (χ0) is 8.55. The summed E-state index contributed by atoms with van der Waals surface area (Å²) in [6, 6.07) is 3.93. The number of allylic oxidation sites excluding steroid dienone is 4. The molecule has 1 saturated carbocycles. The topological polar surface area (TPSA) is 47.6 Å². The van der Waals surface area contributed by atoms with Crippen molar-refractivity contribution in [2.75, 3.05) is 0 Å². The molecule has 2 aliphatic rings. The number of hydrogen-bond acceptors (Lipinski definition) is 2. The fourth-order valence-electron chi connectivity index (χ4n) is 2.07. The normalized spacial score (nSPS) is 30.0. The first kappa shape index (κ1) is 7.13. The minimum absolute atomic E-state index is 0.340. The summed E-state index contributed by atoms with van der Waals surface area (Å²) >= 11 is 0. The van der Waals surface area contributed by atoms with Crippen LogP contribution in [0.15, 0.2) is 23.3 Å².